The highest BCUT2D eigenvalue weighted by Crippen LogP contribution is 2.48. The van der Waals surface area contributed by atoms with Crippen LogP contribution in [0.3, 0.4) is 0 Å². The van der Waals surface area contributed by atoms with E-state index in [4.69, 9.17) is 14.5 Å². The van der Waals surface area contributed by atoms with Gasteiger partial charge in [-0.1, -0.05) is 0 Å². The number of fused-ring (bicyclic) bond motifs is 5. The fourth-order valence-corrected chi connectivity index (χ4v) is 4.87. The largest absolute Gasteiger partial charge is 0.344 e. The molecule has 3 fully saturated rings. The van der Waals surface area contributed by atoms with E-state index < -0.39 is 5.79 Å². The van der Waals surface area contributed by atoms with Gasteiger partial charge in [0.05, 0.1) is 17.8 Å². The fourth-order valence-electron chi connectivity index (χ4n) is 4.22. The molecule has 0 spiro atoms. The molecule has 4 atom stereocenters. The fraction of sp³-hybridized carbons (Fsp3) is 0.529. The number of hydrogen-bond acceptors (Lipinski definition) is 6. The van der Waals surface area contributed by atoms with Crippen LogP contribution in [0.25, 0.3) is 11.3 Å². The Balaban J connectivity index is 1.45. The molecule has 2 aliphatic heterocycles. The van der Waals surface area contributed by atoms with E-state index in [1.165, 1.54) is 0 Å². The number of rotatable bonds is 2. The zero-order chi connectivity index (χ0) is 15.6. The van der Waals surface area contributed by atoms with Crippen molar-refractivity contribution in [1.82, 2.24) is 9.97 Å². The second-order valence-electron chi connectivity index (χ2n) is 7.03. The summed E-state index contributed by atoms with van der Waals surface area (Å²) in [5, 5.41) is 4.19. The van der Waals surface area contributed by atoms with Gasteiger partial charge >= 0.3 is 0 Å². The molecule has 23 heavy (non-hydrogen) atoms. The van der Waals surface area contributed by atoms with Gasteiger partial charge in [-0.2, -0.15) is 11.3 Å². The van der Waals surface area contributed by atoms with E-state index in [1.54, 1.807) is 11.3 Å². The van der Waals surface area contributed by atoms with Crippen molar-refractivity contribution in [2.24, 2.45) is 5.92 Å². The van der Waals surface area contributed by atoms with Gasteiger partial charge in [-0.25, -0.2) is 9.97 Å². The Morgan fingerprint density at radius 2 is 2.13 bits per heavy atom. The highest BCUT2D eigenvalue weighted by molar-refractivity contribution is 7.08. The SMILES string of the molecule is CC1(C)O[C@@H]2[C@@H]3C[C@H]([C@@H]2O1)N(c1nccc(-c2ccsc2)n1)C3. The van der Waals surface area contributed by atoms with Crippen LogP contribution < -0.4 is 4.90 Å². The van der Waals surface area contributed by atoms with Crippen molar-refractivity contribution in [1.29, 1.82) is 0 Å². The minimum Gasteiger partial charge on any atom is -0.344 e. The molecule has 0 radical (unpaired) electrons. The molecule has 2 aromatic rings. The molecule has 0 aromatic carbocycles. The smallest absolute Gasteiger partial charge is 0.226 e. The van der Waals surface area contributed by atoms with Crippen LogP contribution in [0.1, 0.15) is 20.3 Å². The van der Waals surface area contributed by atoms with E-state index in [2.05, 4.69) is 26.7 Å². The number of anilines is 1. The number of aromatic nitrogens is 2. The van der Waals surface area contributed by atoms with Crippen molar-refractivity contribution >= 4 is 17.3 Å². The summed E-state index contributed by atoms with van der Waals surface area (Å²) in [5.41, 5.74) is 2.14. The minimum absolute atomic E-state index is 0.136. The molecule has 4 heterocycles. The van der Waals surface area contributed by atoms with Crippen LogP contribution >= 0.6 is 11.3 Å². The molecular weight excluding hydrogens is 310 g/mol. The average Bonchev–Trinajstić information content (AvgIpc) is 3.27. The first-order chi connectivity index (χ1) is 11.1. The maximum atomic E-state index is 6.14. The lowest BCUT2D eigenvalue weighted by Crippen LogP contribution is -2.47. The van der Waals surface area contributed by atoms with E-state index in [9.17, 15) is 0 Å². The van der Waals surface area contributed by atoms with Crippen LogP contribution in [-0.2, 0) is 9.47 Å². The summed E-state index contributed by atoms with van der Waals surface area (Å²) < 4.78 is 12.2. The lowest BCUT2D eigenvalue weighted by Gasteiger charge is -2.33. The van der Waals surface area contributed by atoms with Gasteiger partial charge in [0.25, 0.3) is 0 Å². The van der Waals surface area contributed by atoms with Crippen molar-refractivity contribution in [3.8, 4) is 11.3 Å². The summed E-state index contributed by atoms with van der Waals surface area (Å²) in [6.45, 7) is 4.96. The van der Waals surface area contributed by atoms with E-state index in [0.29, 0.717) is 12.0 Å². The maximum Gasteiger partial charge on any atom is 0.226 e. The van der Waals surface area contributed by atoms with Crippen LogP contribution in [0.15, 0.2) is 29.1 Å². The number of ether oxygens (including phenoxy) is 2. The van der Waals surface area contributed by atoms with Crippen molar-refractivity contribution in [2.45, 2.75) is 44.3 Å². The molecule has 2 saturated heterocycles. The molecule has 2 bridgehead atoms. The standard InChI is InChI=1S/C17H19N3O2S/c1-17(2)21-14-11-7-13(15(14)22-17)20(8-11)16-18-5-3-12(19-16)10-4-6-23-9-10/h3-6,9,11,13-15H,7-8H2,1-2H3/t11-,13-,14-,15+/m1/s1. The average molecular weight is 329 g/mol. The Labute approximate surface area is 139 Å². The van der Waals surface area contributed by atoms with Crippen molar-refractivity contribution in [3.05, 3.63) is 29.1 Å². The Hall–Kier alpha value is -1.50. The van der Waals surface area contributed by atoms with Crippen molar-refractivity contribution < 1.29 is 9.47 Å². The summed E-state index contributed by atoms with van der Waals surface area (Å²) in [4.78, 5) is 11.6. The highest BCUT2D eigenvalue weighted by Gasteiger charge is 2.60. The first kappa shape index (κ1) is 13.9. The third-order valence-corrected chi connectivity index (χ3v) is 5.78. The topological polar surface area (TPSA) is 47.5 Å². The molecule has 0 unspecified atom stereocenters. The monoisotopic (exact) mass is 329 g/mol. The van der Waals surface area contributed by atoms with E-state index in [1.807, 2.05) is 26.1 Å². The normalized spacial score (nSPS) is 34.1. The lowest BCUT2D eigenvalue weighted by atomic mass is 10.0. The molecule has 1 saturated carbocycles. The molecule has 3 aliphatic rings. The summed E-state index contributed by atoms with van der Waals surface area (Å²) in [6.07, 6.45) is 3.33. The number of hydrogen-bond donors (Lipinski definition) is 0. The molecule has 120 valence electrons. The zero-order valence-electron chi connectivity index (χ0n) is 13.2. The van der Waals surface area contributed by atoms with Gasteiger partial charge in [0, 0.05) is 29.6 Å². The third-order valence-electron chi connectivity index (χ3n) is 5.10. The summed E-state index contributed by atoms with van der Waals surface area (Å²) in [6, 6.07) is 4.39. The lowest BCUT2D eigenvalue weighted by molar-refractivity contribution is -0.154. The Kier molecular flexibility index (Phi) is 2.87. The number of thiophene rings is 1. The highest BCUT2D eigenvalue weighted by atomic mass is 32.1. The van der Waals surface area contributed by atoms with Crippen LogP contribution in [-0.4, -0.2) is 40.5 Å². The van der Waals surface area contributed by atoms with Gasteiger partial charge in [0.1, 0.15) is 6.10 Å². The van der Waals surface area contributed by atoms with Crippen LogP contribution in [0, 0.1) is 5.92 Å². The van der Waals surface area contributed by atoms with Gasteiger partial charge < -0.3 is 14.4 Å². The Bertz CT molecular complexity index is 733. The molecule has 5 nitrogen and oxygen atoms in total. The first-order valence-corrected chi connectivity index (χ1v) is 9.03. The molecule has 5 rings (SSSR count). The summed E-state index contributed by atoms with van der Waals surface area (Å²) >= 11 is 1.69. The second-order valence-corrected chi connectivity index (χ2v) is 7.81. The summed E-state index contributed by atoms with van der Waals surface area (Å²) in [7, 11) is 0. The molecule has 1 aliphatic carbocycles. The van der Waals surface area contributed by atoms with E-state index >= 15 is 0 Å². The second kappa shape index (κ2) is 4.75. The molecule has 2 aromatic heterocycles. The predicted molar refractivity (Wildman–Crippen MR) is 88.4 cm³/mol. The quantitative estimate of drug-likeness (QED) is 0.848. The first-order valence-electron chi connectivity index (χ1n) is 8.09. The van der Waals surface area contributed by atoms with Gasteiger partial charge in [-0.15, -0.1) is 0 Å². The molecule has 0 amide bonds. The van der Waals surface area contributed by atoms with Gasteiger partial charge in [0.2, 0.25) is 5.95 Å². The number of piperidine rings is 1. The van der Waals surface area contributed by atoms with Crippen LogP contribution in [0.4, 0.5) is 5.95 Å². The van der Waals surface area contributed by atoms with E-state index in [0.717, 1.165) is 30.2 Å². The number of nitrogens with zero attached hydrogens (tertiary/aromatic N) is 3. The molecule has 0 N–H and O–H groups in total. The molecular formula is C17H19N3O2S. The summed E-state index contributed by atoms with van der Waals surface area (Å²) in [5.74, 6) is 0.856. The molecule has 6 heteroatoms. The van der Waals surface area contributed by atoms with Crippen LogP contribution in [0.2, 0.25) is 0 Å². The van der Waals surface area contributed by atoms with Gasteiger partial charge in [-0.3, -0.25) is 0 Å². The zero-order valence-corrected chi connectivity index (χ0v) is 14.0. The van der Waals surface area contributed by atoms with Gasteiger partial charge in [0.15, 0.2) is 5.79 Å². The third kappa shape index (κ3) is 2.12. The predicted octanol–water partition coefficient (Wildman–Crippen LogP) is 2.93. The van der Waals surface area contributed by atoms with Crippen LogP contribution in [0.5, 0.6) is 0 Å². The van der Waals surface area contributed by atoms with Crippen molar-refractivity contribution in [2.75, 3.05) is 11.4 Å². The maximum absolute atomic E-state index is 6.14. The Morgan fingerprint density at radius 1 is 1.26 bits per heavy atom. The Morgan fingerprint density at radius 3 is 2.96 bits per heavy atom. The minimum atomic E-state index is -0.471. The van der Waals surface area contributed by atoms with Crippen molar-refractivity contribution in [3.63, 3.8) is 0 Å². The van der Waals surface area contributed by atoms with E-state index in [-0.39, 0.29) is 12.2 Å². The van der Waals surface area contributed by atoms with Gasteiger partial charge in [-0.05, 0) is 37.8 Å².